The predicted molar refractivity (Wildman–Crippen MR) is 210 cm³/mol. The van der Waals surface area contributed by atoms with Gasteiger partial charge in [0.25, 0.3) is 0 Å². The summed E-state index contributed by atoms with van der Waals surface area (Å²) in [6.45, 7) is 29.3. The molecule has 4 atom stereocenters. The van der Waals surface area contributed by atoms with Crippen molar-refractivity contribution in [2.75, 3.05) is 0 Å². The van der Waals surface area contributed by atoms with Gasteiger partial charge in [-0.1, -0.05) is 0 Å². The zero-order valence-corrected chi connectivity index (χ0v) is 34.2. The van der Waals surface area contributed by atoms with Crippen LogP contribution in [-0.4, -0.2) is 8.25 Å². The molecule has 10 saturated heterocycles. The van der Waals surface area contributed by atoms with Crippen molar-refractivity contribution in [2.45, 2.75) is 130 Å². The average Bonchev–Trinajstić information content (AvgIpc) is 4.03. The number of benzene rings is 4. The molecular weight excluding hydrogens is 673 g/mol. The van der Waals surface area contributed by atoms with Gasteiger partial charge >= 0.3 is 289 Å². The summed E-state index contributed by atoms with van der Waals surface area (Å²) in [6, 6.07) is 20.9. The van der Waals surface area contributed by atoms with Crippen LogP contribution in [0.2, 0.25) is 39.1 Å². The van der Waals surface area contributed by atoms with E-state index in [1.807, 2.05) is 0 Å². The molecule has 0 amide bonds. The van der Waals surface area contributed by atoms with Crippen molar-refractivity contribution in [3.05, 3.63) is 115 Å². The Hall–Kier alpha value is -1.77. The summed E-state index contributed by atoms with van der Waals surface area (Å²) in [5, 5.41) is 7.21. The molecule has 14 rings (SSSR count). The second-order valence-corrected chi connectivity index (χ2v) is 46.3. The van der Waals surface area contributed by atoms with Crippen LogP contribution in [0.5, 0.6) is 0 Å². The average molecular weight is 726 g/mol. The third-order valence-corrected chi connectivity index (χ3v) is 75.0. The maximum atomic E-state index is 2.70. The molecule has 1 spiro atoms. The second-order valence-electron chi connectivity index (χ2n) is 20.2. The van der Waals surface area contributed by atoms with Crippen molar-refractivity contribution in [2.24, 2.45) is 0 Å². The summed E-state index contributed by atoms with van der Waals surface area (Å²) in [5.74, 6) is 0. The molecule has 49 heavy (non-hydrogen) atoms. The van der Waals surface area contributed by atoms with Gasteiger partial charge in [0.1, 0.15) is 0 Å². The fourth-order valence-corrected chi connectivity index (χ4v) is 114. The third kappa shape index (κ3) is 0.877. The first-order valence-corrected chi connectivity index (χ1v) is 27.2. The van der Waals surface area contributed by atoms with E-state index in [1.165, 1.54) is 61.4 Å². The van der Waals surface area contributed by atoms with Crippen LogP contribution < -0.4 is 21.2 Å². The summed E-state index contributed by atoms with van der Waals surface area (Å²) in [5.41, 5.74) is 18.7. The van der Waals surface area contributed by atoms with Crippen LogP contribution in [0.4, 0.5) is 0 Å². The van der Waals surface area contributed by atoms with Crippen LogP contribution in [0.25, 0.3) is 0 Å². The van der Waals surface area contributed by atoms with Gasteiger partial charge in [-0.15, -0.1) is 0 Å². The monoisotopic (exact) mass is 724 g/mol. The Balaban J connectivity index is 1.16. The standard InChI is InChI=1S/C41H47P2.C5H5.Ni/c1-24-16-20-36(32(9)28(24)5)42(37-21-17-25(2)29(6)33(37)10)40-14-13-15-41(40)43(38-22-18-26(3)30(7)34(38)11)39-23-19-27(4)31(8)35(39)12;1-2-4-5-3-1;/h13-23H,1-12H3;1-5H;. The molecule has 0 radical (unpaired) electrons. The first-order valence-electron chi connectivity index (χ1n) is 18.9. The Morgan fingerprint density at radius 3 is 0.796 bits per heavy atom. The van der Waals surface area contributed by atoms with Crippen molar-refractivity contribution in [1.82, 2.24) is 0 Å². The van der Waals surface area contributed by atoms with E-state index in [0.717, 1.165) is 0 Å². The molecule has 4 aromatic carbocycles. The van der Waals surface area contributed by atoms with Crippen molar-refractivity contribution in [1.29, 1.82) is 0 Å². The molecule has 0 aromatic heterocycles. The summed E-state index contributed by atoms with van der Waals surface area (Å²) >= 11 is 0. The van der Waals surface area contributed by atoms with Gasteiger partial charge in [-0.05, 0) is 0 Å². The zero-order chi connectivity index (χ0) is 34.0. The molecule has 10 aliphatic heterocycles. The van der Waals surface area contributed by atoms with Crippen molar-refractivity contribution >= 4 is 37.1 Å². The summed E-state index contributed by atoms with van der Waals surface area (Å²) in [7, 11) is -0.931. The summed E-state index contributed by atoms with van der Waals surface area (Å²) in [6.07, 6.45) is -3.89. The fourth-order valence-electron chi connectivity index (χ4n) is 21.3. The van der Waals surface area contributed by atoms with Gasteiger partial charge in [0.15, 0.2) is 0 Å². The van der Waals surface area contributed by atoms with E-state index in [2.05, 4.69) is 132 Å². The fraction of sp³-hybridized carbons (Fsp3) is 0.478. The van der Waals surface area contributed by atoms with Gasteiger partial charge in [-0.3, -0.25) is 0 Å². The van der Waals surface area contributed by atoms with Crippen molar-refractivity contribution in [3.8, 4) is 0 Å². The van der Waals surface area contributed by atoms with Crippen molar-refractivity contribution < 1.29 is 6.23 Å². The van der Waals surface area contributed by atoms with E-state index in [4.69, 9.17) is 0 Å². The molecule has 0 bridgehead atoms. The van der Waals surface area contributed by atoms with E-state index < -0.39 is 22.1 Å². The molecule has 0 N–H and O–H groups in total. The molecule has 10 heterocycles. The first-order chi connectivity index (χ1) is 23.0. The Labute approximate surface area is 287 Å². The third-order valence-electron chi connectivity index (χ3n) is 23.0. The van der Waals surface area contributed by atoms with Crippen LogP contribution in [0, 0.1) is 83.1 Å². The molecule has 0 nitrogen and oxygen atoms in total. The number of hydrogen-bond acceptors (Lipinski definition) is 0. The van der Waals surface area contributed by atoms with Gasteiger partial charge in [0, 0.05) is 0 Å². The molecule has 10 fully saturated rings. The Morgan fingerprint density at radius 1 is 0.347 bits per heavy atom. The maximum absolute atomic E-state index is 3.89. The second kappa shape index (κ2) is 4.74. The number of hydrogen-bond donors (Lipinski definition) is 0. The Morgan fingerprint density at radius 2 is 0.592 bits per heavy atom. The van der Waals surface area contributed by atoms with Gasteiger partial charge in [0.2, 0.25) is 0 Å². The van der Waals surface area contributed by atoms with Gasteiger partial charge < -0.3 is 0 Å². The molecule has 4 unspecified atom stereocenters. The minimum atomic E-state index is -3.89. The van der Waals surface area contributed by atoms with Crippen LogP contribution in [0.1, 0.15) is 66.8 Å². The van der Waals surface area contributed by atoms with Crippen LogP contribution in [0.15, 0.2) is 48.5 Å². The van der Waals surface area contributed by atoms with E-state index in [1.54, 1.807) is 65.7 Å². The topological polar surface area (TPSA) is 0 Å². The molecule has 3 heteroatoms. The van der Waals surface area contributed by atoms with Crippen molar-refractivity contribution in [3.63, 3.8) is 0 Å². The van der Waals surface area contributed by atoms with E-state index >= 15 is 0 Å². The van der Waals surface area contributed by atoms with Crippen LogP contribution >= 0.6 is 15.8 Å². The molecule has 0 saturated carbocycles. The Bertz CT molecular complexity index is 2510. The minimum absolute atomic E-state index is 0.465. The normalized spacial score (nSPS) is 50.8. The zero-order valence-electron chi connectivity index (χ0n) is 31.4. The molecule has 0 aliphatic carbocycles. The Kier molecular flexibility index (Phi) is 2.69. The van der Waals surface area contributed by atoms with Gasteiger partial charge in [0.05, 0.1) is 0 Å². The van der Waals surface area contributed by atoms with Gasteiger partial charge in [-0.2, -0.15) is 0 Å². The number of rotatable bonds is 6. The first kappa shape index (κ1) is 27.8. The molecule has 10 aliphatic rings. The molecule has 4 aromatic rings. The number of fused-ring (bicyclic) bond motifs is 10. The van der Waals surface area contributed by atoms with Gasteiger partial charge in [-0.25, -0.2) is 0 Å². The molecule has 256 valence electrons. The summed E-state index contributed by atoms with van der Waals surface area (Å²) < 4.78 is 1.29. The van der Waals surface area contributed by atoms with Crippen LogP contribution in [0.3, 0.4) is 0 Å². The van der Waals surface area contributed by atoms with E-state index in [-0.39, 0.29) is 0 Å². The SMILES string of the molecule is Cc1ccc(P(c2ccc(C)c(C)c2C)[C]23[CH]4[CH]5[CH]6[C]2(P(c2ccc(C)c(C)c2C)c2ccc(C)c(C)c2C)[Ni]54632789[CH]3[CH]2[CH]7[CH]8[CH]39)c(C)c1C. The quantitative estimate of drug-likeness (QED) is 0.137. The summed E-state index contributed by atoms with van der Waals surface area (Å²) in [4.78, 5) is 9.77. The molecular formula is C46H52NiP2. The number of aryl methyl sites for hydroxylation is 4. The van der Waals surface area contributed by atoms with Crippen LogP contribution in [-0.2, 0) is 6.23 Å². The van der Waals surface area contributed by atoms with E-state index in [9.17, 15) is 0 Å². The predicted octanol–water partition coefficient (Wildman–Crippen LogP) is 11.2. The van der Waals surface area contributed by atoms with E-state index in [0.29, 0.717) is 8.25 Å².